The molecule has 0 saturated heterocycles. The summed E-state index contributed by atoms with van der Waals surface area (Å²) < 4.78 is 5.40. The molecule has 1 aromatic heterocycles. The van der Waals surface area contributed by atoms with E-state index in [9.17, 15) is 4.79 Å². The van der Waals surface area contributed by atoms with Gasteiger partial charge in [0.15, 0.2) is 0 Å². The largest absolute Gasteiger partial charge is 0.494 e. The second-order valence-corrected chi connectivity index (χ2v) is 4.95. The number of amides is 2. The number of ether oxygens (including phenoxy) is 1. The lowest BCUT2D eigenvalue weighted by Crippen LogP contribution is -2.36. The number of aromatic nitrogens is 1. The maximum atomic E-state index is 12.1. The fourth-order valence-electron chi connectivity index (χ4n) is 2.02. The van der Waals surface area contributed by atoms with E-state index in [1.807, 2.05) is 43.3 Å². The van der Waals surface area contributed by atoms with Gasteiger partial charge < -0.3 is 15.0 Å². The van der Waals surface area contributed by atoms with E-state index in [1.165, 1.54) is 0 Å². The summed E-state index contributed by atoms with van der Waals surface area (Å²) in [5.74, 6) is 0.843. The van der Waals surface area contributed by atoms with Gasteiger partial charge in [-0.25, -0.2) is 4.79 Å². The molecule has 0 bridgehead atoms. The van der Waals surface area contributed by atoms with Crippen LogP contribution in [0, 0.1) is 0 Å². The van der Waals surface area contributed by atoms with Crippen LogP contribution in [0.5, 0.6) is 5.75 Å². The lowest BCUT2D eigenvalue weighted by atomic mass is 10.2. The summed E-state index contributed by atoms with van der Waals surface area (Å²) in [5, 5.41) is 2.87. The van der Waals surface area contributed by atoms with Gasteiger partial charge in [0.05, 0.1) is 6.61 Å². The minimum Gasteiger partial charge on any atom is -0.494 e. The molecule has 0 aliphatic rings. The molecule has 1 aromatic carbocycles. The van der Waals surface area contributed by atoms with Crippen LogP contribution in [-0.4, -0.2) is 29.6 Å². The van der Waals surface area contributed by atoms with E-state index < -0.39 is 0 Å². The van der Waals surface area contributed by atoms with Crippen molar-refractivity contribution in [1.29, 1.82) is 0 Å². The quantitative estimate of drug-likeness (QED) is 0.892. The molecule has 0 spiro atoms. The molecule has 0 unspecified atom stereocenters. The van der Waals surface area contributed by atoms with Crippen LogP contribution in [0.3, 0.4) is 0 Å². The van der Waals surface area contributed by atoms with Crippen molar-refractivity contribution in [3.63, 3.8) is 0 Å². The van der Waals surface area contributed by atoms with Crippen molar-refractivity contribution < 1.29 is 9.53 Å². The number of pyridine rings is 1. The summed E-state index contributed by atoms with van der Waals surface area (Å²) in [6.07, 6.45) is 3.45. The second kappa shape index (κ2) is 8.02. The molecule has 0 aliphatic carbocycles. The molecule has 22 heavy (non-hydrogen) atoms. The summed E-state index contributed by atoms with van der Waals surface area (Å²) in [6, 6.07) is 11.4. The van der Waals surface area contributed by atoms with Gasteiger partial charge in [0.1, 0.15) is 5.75 Å². The fraction of sp³-hybridized carbons (Fsp3) is 0.294. The minimum absolute atomic E-state index is 0.113. The van der Waals surface area contributed by atoms with Crippen molar-refractivity contribution in [2.45, 2.75) is 20.0 Å². The first kappa shape index (κ1) is 15.8. The zero-order valence-corrected chi connectivity index (χ0v) is 13.0. The van der Waals surface area contributed by atoms with E-state index in [0.717, 1.165) is 16.9 Å². The second-order valence-electron chi connectivity index (χ2n) is 4.95. The van der Waals surface area contributed by atoms with Crippen molar-refractivity contribution in [1.82, 2.24) is 15.2 Å². The first-order valence-electron chi connectivity index (χ1n) is 7.28. The number of hydrogen-bond acceptors (Lipinski definition) is 3. The third kappa shape index (κ3) is 4.77. The first-order chi connectivity index (χ1) is 10.7. The minimum atomic E-state index is -0.113. The molecule has 0 radical (unpaired) electrons. The number of benzene rings is 1. The molecule has 5 heteroatoms. The molecule has 1 heterocycles. The van der Waals surface area contributed by atoms with Crippen LogP contribution in [0.25, 0.3) is 0 Å². The fourth-order valence-corrected chi connectivity index (χ4v) is 2.02. The van der Waals surface area contributed by atoms with Gasteiger partial charge >= 0.3 is 6.03 Å². The Bertz CT molecular complexity index is 585. The van der Waals surface area contributed by atoms with Gasteiger partial charge in [-0.1, -0.05) is 18.2 Å². The van der Waals surface area contributed by atoms with Crippen LogP contribution < -0.4 is 10.1 Å². The average molecular weight is 299 g/mol. The SMILES string of the molecule is CCOc1ccc(CN(C)C(=O)NCc2cccnc2)cc1. The highest BCUT2D eigenvalue weighted by molar-refractivity contribution is 5.73. The molecule has 0 fully saturated rings. The number of carbonyl (C=O) groups is 1. The number of nitrogens with zero attached hydrogens (tertiary/aromatic N) is 2. The molecule has 0 saturated carbocycles. The highest BCUT2D eigenvalue weighted by Gasteiger charge is 2.08. The van der Waals surface area contributed by atoms with Gasteiger partial charge in [0.2, 0.25) is 0 Å². The van der Waals surface area contributed by atoms with Gasteiger partial charge in [-0.15, -0.1) is 0 Å². The van der Waals surface area contributed by atoms with Crippen LogP contribution in [0.4, 0.5) is 4.79 Å². The Hall–Kier alpha value is -2.56. The van der Waals surface area contributed by atoms with Crippen molar-refractivity contribution in [3.05, 3.63) is 59.9 Å². The van der Waals surface area contributed by atoms with E-state index in [-0.39, 0.29) is 6.03 Å². The molecule has 116 valence electrons. The maximum Gasteiger partial charge on any atom is 0.317 e. The van der Waals surface area contributed by atoms with E-state index in [4.69, 9.17) is 4.74 Å². The van der Waals surface area contributed by atoms with Crippen molar-refractivity contribution in [3.8, 4) is 5.75 Å². The molecule has 2 rings (SSSR count). The zero-order chi connectivity index (χ0) is 15.8. The molecule has 0 aliphatic heterocycles. The normalized spacial score (nSPS) is 10.1. The van der Waals surface area contributed by atoms with Crippen LogP contribution in [0.1, 0.15) is 18.1 Å². The number of nitrogens with one attached hydrogen (secondary N) is 1. The van der Waals surface area contributed by atoms with Crippen LogP contribution >= 0.6 is 0 Å². The Morgan fingerprint density at radius 3 is 2.64 bits per heavy atom. The maximum absolute atomic E-state index is 12.1. The summed E-state index contributed by atoms with van der Waals surface area (Å²) in [6.45, 7) is 3.62. The smallest absolute Gasteiger partial charge is 0.317 e. The monoisotopic (exact) mass is 299 g/mol. The summed E-state index contributed by atoms with van der Waals surface area (Å²) in [5.41, 5.74) is 2.03. The average Bonchev–Trinajstić information content (AvgIpc) is 2.55. The van der Waals surface area contributed by atoms with E-state index in [2.05, 4.69) is 10.3 Å². The number of hydrogen-bond donors (Lipinski definition) is 1. The number of carbonyl (C=O) groups excluding carboxylic acids is 1. The van der Waals surface area contributed by atoms with Crippen LogP contribution in [-0.2, 0) is 13.1 Å². The number of urea groups is 1. The Labute approximate surface area is 130 Å². The highest BCUT2D eigenvalue weighted by atomic mass is 16.5. The van der Waals surface area contributed by atoms with E-state index in [1.54, 1.807) is 24.3 Å². The van der Waals surface area contributed by atoms with Crippen molar-refractivity contribution in [2.24, 2.45) is 0 Å². The molecule has 5 nitrogen and oxygen atoms in total. The molecule has 1 N–H and O–H groups in total. The van der Waals surface area contributed by atoms with E-state index >= 15 is 0 Å². The molecular formula is C17H21N3O2. The lowest BCUT2D eigenvalue weighted by Gasteiger charge is -2.18. The highest BCUT2D eigenvalue weighted by Crippen LogP contribution is 2.13. The van der Waals surface area contributed by atoms with Gasteiger partial charge in [-0.3, -0.25) is 4.98 Å². The molecule has 0 atom stereocenters. The number of rotatable bonds is 6. The van der Waals surface area contributed by atoms with Gasteiger partial charge in [0.25, 0.3) is 0 Å². The van der Waals surface area contributed by atoms with Crippen LogP contribution in [0.15, 0.2) is 48.8 Å². The topological polar surface area (TPSA) is 54.5 Å². The van der Waals surface area contributed by atoms with Crippen LogP contribution in [0.2, 0.25) is 0 Å². The zero-order valence-electron chi connectivity index (χ0n) is 13.0. The Kier molecular flexibility index (Phi) is 5.77. The predicted octanol–water partition coefficient (Wildman–Crippen LogP) is 2.82. The summed E-state index contributed by atoms with van der Waals surface area (Å²) in [7, 11) is 1.77. The predicted molar refractivity (Wildman–Crippen MR) is 85.6 cm³/mol. The molecule has 2 amide bonds. The Morgan fingerprint density at radius 1 is 1.23 bits per heavy atom. The molecular weight excluding hydrogens is 278 g/mol. The molecule has 2 aromatic rings. The van der Waals surface area contributed by atoms with Gasteiger partial charge in [0, 0.05) is 32.5 Å². The third-order valence-electron chi connectivity index (χ3n) is 3.17. The van der Waals surface area contributed by atoms with E-state index in [0.29, 0.717) is 19.7 Å². The summed E-state index contributed by atoms with van der Waals surface area (Å²) >= 11 is 0. The first-order valence-corrected chi connectivity index (χ1v) is 7.28. The van der Waals surface area contributed by atoms with Gasteiger partial charge in [-0.2, -0.15) is 0 Å². The standard InChI is InChI=1S/C17H21N3O2/c1-3-22-16-8-6-14(7-9-16)13-20(2)17(21)19-12-15-5-4-10-18-11-15/h4-11H,3,12-13H2,1-2H3,(H,19,21). The van der Waals surface area contributed by atoms with Gasteiger partial charge in [-0.05, 0) is 36.2 Å². The Morgan fingerprint density at radius 2 is 2.00 bits per heavy atom. The summed E-state index contributed by atoms with van der Waals surface area (Å²) in [4.78, 5) is 17.7. The Balaban J connectivity index is 1.83. The van der Waals surface area contributed by atoms with Crippen molar-refractivity contribution >= 4 is 6.03 Å². The lowest BCUT2D eigenvalue weighted by molar-refractivity contribution is 0.206. The third-order valence-corrected chi connectivity index (χ3v) is 3.17. The van der Waals surface area contributed by atoms with Crippen molar-refractivity contribution in [2.75, 3.05) is 13.7 Å².